The van der Waals surface area contributed by atoms with Crippen LogP contribution in [-0.2, 0) is 0 Å². The highest BCUT2D eigenvalue weighted by atomic mass is 15.1. The molecule has 3 N–H and O–H groups in total. The first kappa shape index (κ1) is 12.7. The molecule has 0 bridgehead atoms. The molecular formula is C16H18N4. The number of anilines is 1. The molecule has 1 aromatic carbocycles. The smallest absolute Gasteiger partial charge is 0.124 e. The van der Waals surface area contributed by atoms with Crippen LogP contribution in [0.5, 0.6) is 0 Å². The lowest BCUT2D eigenvalue weighted by Crippen LogP contribution is -2.23. The standard InChI is InChI=1S/C16H18N4/c17-16(18)14-11-13(12-5-7-19-8-6-12)3-4-15(14)20-9-1-2-10-20/h3-8,11H,1-2,9-10H2,(H3,17,18). The first-order valence-corrected chi connectivity index (χ1v) is 6.89. The van der Waals surface area contributed by atoms with Crippen molar-refractivity contribution in [2.75, 3.05) is 18.0 Å². The van der Waals surface area contributed by atoms with Crippen LogP contribution in [0.3, 0.4) is 0 Å². The van der Waals surface area contributed by atoms with Gasteiger partial charge in [0.2, 0.25) is 0 Å². The second-order valence-electron chi connectivity index (χ2n) is 5.08. The molecule has 20 heavy (non-hydrogen) atoms. The molecule has 4 heteroatoms. The zero-order chi connectivity index (χ0) is 13.9. The molecule has 0 aliphatic carbocycles. The molecule has 0 amide bonds. The second kappa shape index (κ2) is 5.33. The van der Waals surface area contributed by atoms with Crippen molar-refractivity contribution in [1.82, 2.24) is 4.98 Å². The maximum Gasteiger partial charge on any atom is 0.124 e. The number of aromatic nitrogens is 1. The van der Waals surface area contributed by atoms with Crippen LogP contribution in [0.4, 0.5) is 5.69 Å². The minimum atomic E-state index is 0.128. The highest BCUT2D eigenvalue weighted by molar-refractivity contribution is 6.01. The SMILES string of the molecule is N=C(N)c1cc(-c2ccncc2)ccc1N1CCCC1. The van der Waals surface area contributed by atoms with Crippen LogP contribution in [0.2, 0.25) is 0 Å². The average Bonchev–Trinajstić information content (AvgIpc) is 3.01. The minimum Gasteiger partial charge on any atom is -0.384 e. The van der Waals surface area contributed by atoms with Gasteiger partial charge in [-0.3, -0.25) is 10.4 Å². The summed E-state index contributed by atoms with van der Waals surface area (Å²) < 4.78 is 0. The van der Waals surface area contributed by atoms with Crippen molar-refractivity contribution in [3.63, 3.8) is 0 Å². The molecule has 1 fully saturated rings. The van der Waals surface area contributed by atoms with E-state index in [1.54, 1.807) is 12.4 Å². The Hall–Kier alpha value is -2.36. The third-order valence-corrected chi connectivity index (χ3v) is 3.75. The van der Waals surface area contributed by atoms with E-state index in [4.69, 9.17) is 11.1 Å². The lowest BCUT2D eigenvalue weighted by atomic mass is 10.0. The fourth-order valence-electron chi connectivity index (χ4n) is 2.71. The Kier molecular flexibility index (Phi) is 3.37. The summed E-state index contributed by atoms with van der Waals surface area (Å²) in [5.74, 6) is 0.128. The Morgan fingerprint density at radius 1 is 1.05 bits per heavy atom. The number of hydrogen-bond acceptors (Lipinski definition) is 3. The molecule has 1 aliphatic rings. The van der Waals surface area contributed by atoms with Crippen molar-refractivity contribution < 1.29 is 0 Å². The van der Waals surface area contributed by atoms with Gasteiger partial charge in [0, 0.05) is 36.7 Å². The van der Waals surface area contributed by atoms with E-state index in [1.165, 1.54) is 12.8 Å². The van der Waals surface area contributed by atoms with E-state index in [9.17, 15) is 0 Å². The first-order valence-electron chi connectivity index (χ1n) is 6.89. The molecule has 0 radical (unpaired) electrons. The molecule has 2 heterocycles. The van der Waals surface area contributed by atoms with Gasteiger partial charge in [0.05, 0.1) is 0 Å². The van der Waals surface area contributed by atoms with E-state index in [0.717, 1.165) is 35.5 Å². The van der Waals surface area contributed by atoms with Crippen LogP contribution >= 0.6 is 0 Å². The largest absolute Gasteiger partial charge is 0.384 e. The van der Waals surface area contributed by atoms with Crippen LogP contribution in [0.15, 0.2) is 42.7 Å². The Bertz CT molecular complexity index is 616. The minimum absolute atomic E-state index is 0.128. The quantitative estimate of drug-likeness (QED) is 0.663. The molecule has 0 spiro atoms. The molecule has 0 unspecified atom stereocenters. The van der Waals surface area contributed by atoms with Gasteiger partial charge in [-0.2, -0.15) is 0 Å². The topological polar surface area (TPSA) is 66.0 Å². The summed E-state index contributed by atoms with van der Waals surface area (Å²) in [6.07, 6.45) is 5.97. The maximum absolute atomic E-state index is 7.84. The molecule has 3 rings (SSSR count). The van der Waals surface area contributed by atoms with E-state index in [0.29, 0.717) is 0 Å². The molecule has 1 saturated heterocycles. The summed E-state index contributed by atoms with van der Waals surface area (Å²) in [5.41, 5.74) is 9.83. The average molecular weight is 266 g/mol. The number of nitrogens with one attached hydrogen (secondary N) is 1. The van der Waals surface area contributed by atoms with Gasteiger partial charge in [-0.25, -0.2) is 0 Å². The number of nitrogens with zero attached hydrogens (tertiary/aromatic N) is 2. The number of amidine groups is 1. The van der Waals surface area contributed by atoms with Crippen molar-refractivity contribution in [3.05, 3.63) is 48.3 Å². The summed E-state index contributed by atoms with van der Waals surface area (Å²) in [5, 5.41) is 7.84. The highest BCUT2D eigenvalue weighted by Crippen LogP contribution is 2.29. The van der Waals surface area contributed by atoms with Gasteiger partial charge in [-0.1, -0.05) is 6.07 Å². The maximum atomic E-state index is 7.84. The Labute approximate surface area is 118 Å². The monoisotopic (exact) mass is 266 g/mol. The van der Waals surface area contributed by atoms with Crippen LogP contribution < -0.4 is 10.6 Å². The lowest BCUT2D eigenvalue weighted by Gasteiger charge is -2.21. The molecular weight excluding hydrogens is 248 g/mol. The summed E-state index contributed by atoms with van der Waals surface area (Å²) in [4.78, 5) is 6.35. The predicted octanol–water partition coefficient (Wildman–Crippen LogP) is 2.63. The van der Waals surface area contributed by atoms with Crippen molar-refractivity contribution in [1.29, 1.82) is 5.41 Å². The fraction of sp³-hybridized carbons (Fsp3) is 0.250. The van der Waals surface area contributed by atoms with Gasteiger partial charge in [-0.05, 0) is 48.2 Å². The van der Waals surface area contributed by atoms with Gasteiger partial charge >= 0.3 is 0 Å². The molecule has 4 nitrogen and oxygen atoms in total. The number of pyridine rings is 1. The second-order valence-corrected chi connectivity index (χ2v) is 5.08. The van der Waals surface area contributed by atoms with E-state index in [-0.39, 0.29) is 5.84 Å². The number of benzene rings is 1. The third kappa shape index (κ3) is 2.37. The summed E-state index contributed by atoms with van der Waals surface area (Å²) >= 11 is 0. The van der Waals surface area contributed by atoms with E-state index in [2.05, 4.69) is 22.0 Å². The first-order chi connectivity index (χ1) is 9.75. The molecule has 0 saturated carbocycles. The van der Waals surface area contributed by atoms with Crippen molar-refractivity contribution in [2.45, 2.75) is 12.8 Å². The molecule has 2 aromatic rings. The van der Waals surface area contributed by atoms with Gasteiger partial charge in [0.15, 0.2) is 0 Å². The van der Waals surface area contributed by atoms with E-state index < -0.39 is 0 Å². The Morgan fingerprint density at radius 2 is 1.75 bits per heavy atom. The third-order valence-electron chi connectivity index (χ3n) is 3.75. The van der Waals surface area contributed by atoms with Gasteiger partial charge in [0.25, 0.3) is 0 Å². The summed E-state index contributed by atoms with van der Waals surface area (Å²) in [6, 6.07) is 10.1. The van der Waals surface area contributed by atoms with E-state index in [1.807, 2.05) is 18.2 Å². The zero-order valence-corrected chi connectivity index (χ0v) is 11.3. The zero-order valence-electron chi connectivity index (χ0n) is 11.3. The normalized spacial score (nSPS) is 14.5. The molecule has 1 aromatic heterocycles. The van der Waals surface area contributed by atoms with Crippen LogP contribution in [0.25, 0.3) is 11.1 Å². The van der Waals surface area contributed by atoms with Crippen LogP contribution in [0.1, 0.15) is 18.4 Å². The molecule has 102 valence electrons. The van der Waals surface area contributed by atoms with E-state index >= 15 is 0 Å². The number of nitrogens with two attached hydrogens (primary N) is 1. The van der Waals surface area contributed by atoms with Crippen LogP contribution in [-0.4, -0.2) is 23.9 Å². The van der Waals surface area contributed by atoms with Gasteiger partial charge in [0.1, 0.15) is 5.84 Å². The number of rotatable bonds is 3. The van der Waals surface area contributed by atoms with Crippen molar-refractivity contribution in [2.24, 2.45) is 5.73 Å². The van der Waals surface area contributed by atoms with Crippen molar-refractivity contribution >= 4 is 11.5 Å². The highest BCUT2D eigenvalue weighted by Gasteiger charge is 2.17. The summed E-state index contributed by atoms with van der Waals surface area (Å²) in [6.45, 7) is 2.10. The van der Waals surface area contributed by atoms with Gasteiger partial charge in [-0.15, -0.1) is 0 Å². The summed E-state index contributed by atoms with van der Waals surface area (Å²) in [7, 11) is 0. The molecule has 0 atom stereocenters. The lowest BCUT2D eigenvalue weighted by molar-refractivity contribution is 0.949. The Morgan fingerprint density at radius 3 is 2.40 bits per heavy atom. The van der Waals surface area contributed by atoms with Gasteiger partial charge < -0.3 is 10.6 Å². The Balaban J connectivity index is 2.04. The van der Waals surface area contributed by atoms with Crippen LogP contribution in [0, 0.1) is 5.41 Å². The molecule has 1 aliphatic heterocycles. The van der Waals surface area contributed by atoms with Crippen molar-refractivity contribution in [3.8, 4) is 11.1 Å². The number of hydrogen-bond donors (Lipinski definition) is 2. The fourth-order valence-corrected chi connectivity index (χ4v) is 2.71. The predicted molar refractivity (Wildman–Crippen MR) is 82.1 cm³/mol. The number of nitrogen functional groups attached to an aromatic ring is 1.